The Morgan fingerprint density at radius 1 is 0.913 bits per heavy atom. The molecule has 3 heterocycles. The number of aliphatic hydroxyl groups is 2. The number of ether oxygens (including phenoxy) is 1. The van der Waals surface area contributed by atoms with Gasteiger partial charge in [-0.05, 0) is 17.2 Å². The number of nitrogens with zero attached hydrogens (tertiary/aromatic N) is 3. The summed E-state index contributed by atoms with van der Waals surface area (Å²) in [4.78, 5) is 65.7. The van der Waals surface area contributed by atoms with Crippen molar-refractivity contribution in [3.63, 3.8) is 0 Å². The van der Waals surface area contributed by atoms with Crippen LogP contribution in [0.3, 0.4) is 0 Å². The molecule has 24 heteroatoms. The van der Waals surface area contributed by atoms with Crippen LogP contribution in [0.4, 0.5) is 13.2 Å². The van der Waals surface area contributed by atoms with Crippen molar-refractivity contribution in [3.05, 3.63) is 87.0 Å². The molecular formula is C22H23F3N3O15P3. The number of aliphatic hydroxyl groups excluding tert-OH is 2. The Morgan fingerprint density at radius 2 is 1.57 bits per heavy atom. The molecule has 3 unspecified atom stereocenters. The van der Waals surface area contributed by atoms with Crippen LogP contribution in [0.1, 0.15) is 17.5 Å². The van der Waals surface area contributed by atoms with Crippen molar-refractivity contribution >= 4 is 23.5 Å². The lowest BCUT2D eigenvalue weighted by molar-refractivity contribution is -0.138. The molecule has 2 aromatic heterocycles. The normalized spacial score (nSPS) is 23.2. The fourth-order valence-corrected chi connectivity index (χ4v) is 7.42. The van der Waals surface area contributed by atoms with E-state index in [4.69, 9.17) is 14.5 Å². The molecule has 252 valence electrons. The van der Waals surface area contributed by atoms with E-state index in [-0.39, 0.29) is 11.1 Å². The van der Waals surface area contributed by atoms with Gasteiger partial charge in [-0.25, -0.2) is 18.5 Å². The van der Waals surface area contributed by atoms with Gasteiger partial charge < -0.3 is 34.5 Å². The van der Waals surface area contributed by atoms with Crippen LogP contribution in [0.2, 0.25) is 0 Å². The van der Waals surface area contributed by atoms with Crippen molar-refractivity contribution in [2.24, 2.45) is 0 Å². The maximum atomic E-state index is 14.3. The van der Waals surface area contributed by atoms with Crippen LogP contribution in [0.5, 0.6) is 0 Å². The Morgan fingerprint density at radius 3 is 2.17 bits per heavy atom. The number of hydrogen-bond acceptors (Lipinski definition) is 12. The second-order valence-corrected chi connectivity index (χ2v) is 13.8. The summed E-state index contributed by atoms with van der Waals surface area (Å²) < 4.78 is 94.7. The van der Waals surface area contributed by atoms with Crippen LogP contribution >= 0.6 is 23.5 Å². The molecule has 0 spiro atoms. The third-order valence-corrected chi connectivity index (χ3v) is 10.0. The minimum Gasteiger partial charge on any atom is -0.387 e. The van der Waals surface area contributed by atoms with E-state index in [9.17, 15) is 56.5 Å². The van der Waals surface area contributed by atoms with Gasteiger partial charge in [0.1, 0.15) is 18.3 Å². The summed E-state index contributed by atoms with van der Waals surface area (Å²) in [6.07, 6.45) is -10.8. The molecule has 1 aliphatic heterocycles. The summed E-state index contributed by atoms with van der Waals surface area (Å²) in [7, 11) is -17.2. The van der Waals surface area contributed by atoms with E-state index in [1.165, 1.54) is 24.3 Å². The third kappa shape index (κ3) is 8.53. The highest BCUT2D eigenvalue weighted by molar-refractivity contribution is 7.66. The Balaban J connectivity index is 1.60. The average Bonchev–Trinajstić information content (AvgIpc) is 3.20. The number of aromatic nitrogens is 3. The minimum absolute atomic E-state index is 0.176. The molecule has 6 N–H and O–H groups in total. The van der Waals surface area contributed by atoms with E-state index in [1.807, 2.05) is 0 Å². The van der Waals surface area contributed by atoms with Crippen molar-refractivity contribution in [1.82, 2.24) is 14.1 Å². The van der Waals surface area contributed by atoms with Crippen molar-refractivity contribution < 1.29 is 74.5 Å². The van der Waals surface area contributed by atoms with Crippen LogP contribution in [-0.2, 0) is 44.3 Å². The van der Waals surface area contributed by atoms with Crippen molar-refractivity contribution in [2.75, 3.05) is 6.61 Å². The monoisotopic (exact) mass is 719 g/mol. The fraction of sp³-hybridized carbons (Fsp3) is 0.318. The predicted octanol–water partition coefficient (Wildman–Crippen LogP) is 1.10. The highest BCUT2D eigenvalue weighted by atomic mass is 31.3. The topological polar surface area (TPSA) is 266 Å². The Labute approximate surface area is 254 Å². The van der Waals surface area contributed by atoms with Gasteiger partial charge in [-0.3, -0.25) is 23.4 Å². The summed E-state index contributed by atoms with van der Waals surface area (Å²) in [5.74, 6) is 0. The summed E-state index contributed by atoms with van der Waals surface area (Å²) in [5.41, 5.74) is -4.42. The lowest BCUT2D eigenvalue weighted by atomic mass is 9.98. The molecule has 3 aromatic rings. The number of benzene rings is 1. The van der Waals surface area contributed by atoms with Crippen LogP contribution in [0.25, 0.3) is 11.1 Å². The Hall–Kier alpha value is -2.87. The van der Waals surface area contributed by atoms with E-state index >= 15 is 0 Å². The van der Waals surface area contributed by atoms with Gasteiger partial charge >= 0.3 is 35.3 Å². The first-order chi connectivity index (χ1) is 21.2. The second kappa shape index (κ2) is 13.3. The molecule has 0 bridgehead atoms. The van der Waals surface area contributed by atoms with E-state index in [1.54, 1.807) is 6.07 Å². The van der Waals surface area contributed by atoms with Crippen molar-refractivity contribution in [1.29, 1.82) is 0 Å². The molecule has 4 rings (SSSR count). The summed E-state index contributed by atoms with van der Waals surface area (Å²) in [6, 6.07) is 9.30. The molecule has 46 heavy (non-hydrogen) atoms. The zero-order valence-electron chi connectivity index (χ0n) is 22.6. The van der Waals surface area contributed by atoms with Gasteiger partial charge in [0.2, 0.25) is 0 Å². The lowest BCUT2D eigenvalue weighted by Gasteiger charge is -2.20. The molecule has 1 saturated heterocycles. The van der Waals surface area contributed by atoms with Crippen LogP contribution in [0.15, 0.2) is 64.4 Å². The SMILES string of the molecule is O=c1ccn([C@@H]2O[C@H](COP(=O)(O)OP(=O)(O)OP(=O)(O)O)C(O)[C@@H]2O)c(=O)n1Cc1nccc(-c2ccccc2)c1C(F)(F)F. The fourth-order valence-electron chi connectivity index (χ4n) is 4.39. The molecule has 1 fully saturated rings. The van der Waals surface area contributed by atoms with Crippen LogP contribution in [0, 0.1) is 0 Å². The molecule has 6 atom stereocenters. The molecule has 0 aliphatic carbocycles. The van der Waals surface area contributed by atoms with Crippen LogP contribution in [-0.4, -0.2) is 68.8 Å². The summed E-state index contributed by atoms with van der Waals surface area (Å²) >= 11 is 0. The van der Waals surface area contributed by atoms with E-state index in [2.05, 4.69) is 18.1 Å². The van der Waals surface area contributed by atoms with Gasteiger partial charge in [-0.15, -0.1) is 0 Å². The standard InChI is InChI=1S/C22H23F3N3O15P3/c23-22(24,25)17-13(12-4-2-1-3-5-12)6-8-26-14(17)10-28-16(29)7-9-27(21(28)32)20-19(31)18(30)15(41-20)11-40-45(36,37)43-46(38,39)42-44(33,34)35/h1-9,15,18-20,30-31H,10-11H2,(H,36,37)(H,38,39)(H2,33,34,35)/t15-,18?,19+,20-/m1/s1. The van der Waals surface area contributed by atoms with Crippen molar-refractivity contribution in [3.8, 4) is 11.1 Å². The maximum absolute atomic E-state index is 14.3. The lowest BCUT2D eigenvalue weighted by Crippen LogP contribution is -2.43. The Bertz CT molecular complexity index is 1850. The number of hydrogen-bond donors (Lipinski definition) is 6. The van der Waals surface area contributed by atoms with E-state index in [0.717, 1.165) is 24.5 Å². The largest absolute Gasteiger partial charge is 0.490 e. The highest BCUT2D eigenvalue weighted by Gasteiger charge is 2.47. The number of phosphoric ester groups is 1. The number of pyridine rings is 1. The molecule has 1 aliphatic rings. The number of phosphoric acid groups is 3. The molecule has 1 aromatic carbocycles. The minimum atomic E-state index is -5.87. The molecule has 0 saturated carbocycles. The highest BCUT2D eigenvalue weighted by Crippen LogP contribution is 2.66. The van der Waals surface area contributed by atoms with Gasteiger partial charge in [0, 0.05) is 18.5 Å². The van der Waals surface area contributed by atoms with E-state index < -0.39 is 89.8 Å². The number of halogens is 3. The first-order valence-electron chi connectivity index (χ1n) is 12.4. The number of rotatable bonds is 11. The molecule has 0 radical (unpaired) electrons. The average molecular weight is 719 g/mol. The van der Waals surface area contributed by atoms with Crippen LogP contribution < -0.4 is 11.2 Å². The zero-order valence-corrected chi connectivity index (χ0v) is 25.3. The number of alkyl halides is 3. The Kier molecular flexibility index (Phi) is 10.4. The second-order valence-electron chi connectivity index (χ2n) is 9.41. The summed E-state index contributed by atoms with van der Waals surface area (Å²) in [6.45, 7) is -2.20. The quantitative estimate of drug-likeness (QED) is 0.152. The smallest absolute Gasteiger partial charge is 0.387 e. The van der Waals surface area contributed by atoms with Gasteiger partial charge in [-0.2, -0.15) is 21.8 Å². The first kappa shape index (κ1) is 36.0. The van der Waals surface area contributed by atoms with Gasteiger partial charge in [0.05, 0.1) is 24.4 Å². The van der Waals surface area contributed by atoms with Gasteiger partial charge in [0.25, 0.3) is 5.56 Å². The van der Waals surface area contributed by atoms with Gasteiger partial charge in [0.15, 0.2) is 6.23 Å². The third-order valence-electron chi connectivity index (χ3n) is 6.23. The summed E-state index contributed by atoms with van der Waals surface area (Å²) in [5, 5.41) is 20.9. The predicted molar refractivity (Wildman–Crippen MR) is 144 cm³/mol. The molecular weight excluding hydrogens is 696 g/mol. The van der Waals surface area contributed by atoms with E-state index in [0.29, 0.717) is 9.13 Å². The van der Waals surface area contributed by atoms with Gasteiger partial charge in [-0.1, -0.05) is 30.3 Å². The van der Waals surface area contributed by atoms with Crippen molar-refractivity contribution in [2.45, 2.75) is 37.3 Å². The first-order valence-corrected chi connectivity index (χ1v) is 16.9. The maximum Gasteiger partial charge on any atom is 0.490 e. The zero-order chi connectivity index (χ0) is 34.2. The molecule has 0 amide bonds. The molecule has 18 nitrogen and oxygen atoms in total.